The molecule has 0 saturated carbocycles. The molecular weight excluding hydrogens is 494 g/mol. The summed E-state index contributed by atoms with van der Waals surface area (Å²) in [5.74, 6) is 0. The van der Waals surface area contributed by atoms with Gasteiger partial charge in [0.1, 0.15) is 0 Å². The number of hydrogen-bond donors (Lipinski definition) is 0. The summed E-state index contributed by atoms with van der Waals surface area (Å²) in [5, 5.41) is 7.92. The van der Waals surface area contributed by atoms with E-state index in [0.717, 1.165) is 5.69 Å². The van der Waals surface area contributed by atoms with E-state index in [1.807, 2.05) is 0 Å². The third-order valence-electron chi connectivity index (χ3n) is 9.12. The fraction of sp³-hybridized carbons (Fsp3) is 0.100. The Hall–Kier alpha value is -4.88. The molecule has 1 nitrogen and oxygen atoms in total. The second kappa shape index (κ2) is 8.81. The summed E-state index contributed by atoms with van der Waals surface area (Å²) in [7, 11) is 0. The highest BCUT2D eigenvalue weighted by molar-refractivity contribution is 6.22. The van der Waals surface area contributed by atoms with Crippen molar-refractivity contribution in [2.75, 3.05) is 4.90 Å². The van der Waals surface area contributed by atoms with Crippen LogP contribution in [0.2, 0.25) is 0 Å². The predicted molar refractivity (Wildman–Crippen MR) is 176 cm³/mol. The van der Waals surface area contributed by atoms with Gasteiger partial charge in [0.05, 0.1) is 5.69 Å². The smallest absolute Gasteiger partial charge is 0.0543 e. The minimum atomic E-state index is -0.179. The number of para-hydroxylation sites is 2. The average molecular weight is 526 g/mol. The summed E-state index contributed by atoms with van der Waals surface area (Å²) >= 11 is 0. The van der Waals surface area contributed by atoms with Crippen molar-refractivity contribution < 1.29 is 0 Å². The molecule has 0 atom stereocenters. The van der Waals surface area contributed by atoms with E-state index in [9.17, 15) is 0 Å². The van der Waals surface area contributed by atoms with Crippen LogP contribution in [0.3, 0.4) is 0 Å². The zero-order chi connectivity index (χ0) is 27.7. The predicted octanol–water partition coefficient (Wildman–Crippen LogP) is 11.2. The van der Waals surface area contributed by atoms with E-state index in [0.29, 0.717) is 0 Å². The minimum absolute atomic E-state index is 0.179. The highest BCUT2D eigenvalue weighted by Crippen LogP contribution is 2.58. The van der Waals surface area contributed by atoms with E-state index < -0.39 is 0 Å². The maximum Gasteiger partial charge on any atom is 0.0543 e. The lowest BCUT2D eigenvalue weighted by Crippen LogP contribution is -2.17. The van der Waals surface area contributed by atoms with Gasteiger partial charge in [-0.05, 0) is 85.9 Å². The Bertz CT molecular complexity index is 2140. The first kappa shape index (κ1) is 24.0. The first-order valence-electron chi connectivity index (χ1n) is 14.5. The molecule has 0 aliphatic heterocycles. The molecule has 0 heterocycles. The molecule has 0 bridgehead atoms. The van der Waals surface area contributed by atoms with Crippen molar-refractivity contribution in [2.45, 2.75) is 26.2 Å². The third kappa shape index (κ3) is 3.36. The van der Waals surface area contributed by atoms with E-state index in [1.165, 1.54) is 71.5 Å². The number of anilines is 3. The monoisotopic (exact) mass is 525 g/mol. The zero-order valence-electron chi connectivity index (χ0n) is 23.6. The van der Waals surface area contributed by atoms with Crippen LogP contribution in [0.25, 0.3) is 43.4 Å². The number of nitrogens with zero attached hydrogens (tertiary/aromatic N) is 1. The lowest BCUT2D eigenvalue weighted by molar-refractivity contribution is 0.667. The fourth-order valence-electron chi connectivity index (χ4n) is 7.29. The van der Waals surface area contributed by atoms with Gasteiger partial charge in [-0.3, -0.25) is 0 Å². The summed E-state index contributed by atoms with van der Waals surface area (Å²) < 4.78 is 0. The summed E-state index contributed by atoms with van der Waals surface area (Å²) in [6, 6.07) is 48.9. The van der Waals surface area contributed by atoms with Gasteiger partial charge in [-0.15, -0.1) is 0 Å². The Balaban J connectivity index is 1.54. The van der Waals surface area contributed by atoms with Crippen LogP contribution in [0.5, 0.6) is 0 Å². The molecule has 0 aromatic heterocycles. The van der Waals surface area contributed by atoms with Gasteiger partial charge in [0.25, 0.3) is 0 Å². The SMILES string of the molecule is Cc1ccccc1N(c1ccccc1)c1cc2c(c3ccccc13)-c1c(c3ccccc3c3ccccc13)C2(C)C. The van der Waals surface area contributed by atoms with Gasteiger partial charge in [-0.1, -0.05) is 123 Å². The van der Waals surface area contributed by atoms with Crippen molar-refractivity contribution in [1.82, 2.24) is 0 Å². The standard InChI is InChI=1S/C40H31N/c1-26-15-7-14-24-35(26)41(27-16-5-4-6-17-27)36-25-34-37(32-22-12-10-20-30(32)36)38-31-21-11-8-18-28(31)29-19-9-13-23-33(29)39(38)40(34,2)3/h4-25H,1-3H3. The van der Waals surface area contributed by atoms with Crippen LogP contribution in [-0.2, 0) is 5.41 Å². The largest absolute Gasteiger partial charge is 0.310 e. The van der Waals surface area contributed by atoms with Gasteiger partial charge in [-0.2, -0.15) is 0 Å². The Kier molecular flexibility index (Phi) is 5.15. The van der Waals surface area contributed by atoms with E-state index in [2.05, 4.69) is 159 Å². The molecular formula is C40H31N. The molecule has 0 saturated heterocycles. The molecule has 0 spiro atoms. The van der Waals surface area contributed by atoms with Gasteiger partial charge < -0.3 is 4.90 Å². The van der Waals surface area contributed by atoms with Gasteiger partial charge >= 0.3 is 0 Å². The minimum Gasteiger partial charge on any atom is -0.310 e. The van der Waals surface area contributed by atoms with E-state index in [1.54, 1.807) is 0 Å². The molecule has 1 aliphatic carbocycles. The Morgan fingerprint density at radius 3 is 1.66 bits per heavy atom. The molecule has 0 N–H and O–H groups in total. The Morgan fingerprint density at radius 1 is 0.463 bits per heavy atom. The van der Waals surface area contributed by atoms with Crippen LogP contribution < -0.4 is 4.90 Å². The van der Waals surface area contributed by atoms with Crippen molar-refractivity contribution in [2.24, 2.45) is 0 Å². The average Bonchev–Trinajstić information content (AvgIpc) is 3.26. The molecule has 0 fully saturated rings. The lowest BCUT2D eigenvalue weighted by Gasteiger charge is -2.30. The highest BCUT2D eigenvalue weighted by Gasteiger charge is 2.40. The molecule has 1 aliphatic rings. The molecule has 41 heavy (non-hydrogen) atoms. The number of fused-ring (bicyclic) bond motifs is 10. The zero-order valence-corrected chi connectivity index (χ0v) is 23.6. The van der Waals surface area contributed by atoms with Crippen molar-refractivity contribution in [3.63, 3.8) is 0 Å². The maximum atomic E-state index is 2.49. The van der Waals surface area contributed by atoms with E-state index >= 15 is 0 Å². The summed E-state index contributed by atoms with van der Waals surface area (Å²) in [5.41, 5.74) is 10.2. The molecule has 0 unspecified atom stereocenters. The van der Waals surface area contributed by atoms with Crippen LogP contribution in [0.15, 0.2) is 133 Å². The molecule has 0 amide bonds. The molecule has 0 radical (unpaired) electrons. The van der Waals surface area contributed by atoms with Crippen molar-refractivity contribution in [1.29, 1.82) is 0 Å². The van der Waals surface area contributed by atoms with Gasteiger partial charge in [0, 0.05) is 22.2 Å². The molecule has 196 valence electrons. The van der Waals surface area contributed by atoms with E-state index in [-0.39, 0.29) is 5.41 Å². The van der Waals surface area contributed by atoms with Crippen LogP contribution in [-0.4, -0.2) is 0 Å². The normalized spacial score (nSPS) is 13.4. The topological polar surface area (TPSA) is 3.24 Å². The van der Waals surface area contributed by atoms with Crippen LogP contribution in [0.1, 0.15) is 30.5 Å². The van der Waals surface area contributed by atoms with Crippen molar-refractivity contribution in [3.05, 3.63) is 150 Å². The summed E-state index contributed by atoms with van der Waals surface area (Å²) in [6.07, 6.45) is 0. The number of aryl methyl sites for hydroxylation is 1. The molecule has 8 rings (SSSR count). The van der Waals surface area contributed by atoms with Gasteiger partial charge in [0.2, 0.25) is 0 Å². The Morgan fingerprint density at radius 2 is 0.976 bits per heavy atom. The van der Waals surface area contributed by atoms with Crippen LogP contribution in [0.4, 0.5) is 17.1 Å². The first-order chi connectivity index (χ1) is 20.1. The first-order valence-corrected chi connectivity index (χ1v) is 14.5. The van der Waals surface area contributed by atoms with Gasteiger partial charge in [0.15, 0.2) is 0 Å². The quantitative estimate of drug-likeness (QED) is 0.207. The Labute approximate surface area is 241 Å². The number of rotatable bonds is 3. The lowest BCUT2D eigenvalue weighted by atomic mass is 9.79. The molecule has 1 heteroatoms. The number of benzene rings is 7. The highest BCUT2D eigenvalue weighted by atomic mass is 15.1. The second-order valence-electron chi connectivity index (χ2n) is 11.8. The summed E-state index contributed by atoms with van der Waals surface area (Å²) in [6.45, 7) is 7.04. The number of hydrogen-bond acceptors (Lipinski definition) is 1. The third-order valence-corrected chi connectivity index (χ3v) is 9.12. The fourth-order valence-corrected chi connectivity index (χ4v) is 7.29. The molecule has 7 aromatic rings. The maximum absolute atomic E-state index is 2.49. The van der Waals surface area contributed by atoms with E-state index in [4.69, 9.17) is 0 Å². The second-order valence-corrected chi connectivity index (χ2v) is 11.8. The molecule has 7 aromatic carbocycles. The van der Waals surface area contributed by atoms with Crippen LogP contribution in [0, 0.1) is 6.92 Å². The van der Waals surface area contributed by atoms with Crippen molar-refractivity contribution >= 4 is 49.4 Å². The van der Waals surface area contributed by atoms with Crippen LogP contribution >= 0.6 is 0 Å². The van der Waals surface area contributed by atoms with Crippen molar-refractivity contribution in [3.8, 4) is 11.1 Å². The summed E-state index contributed by atoms with van der Waals surface area (Å²) in [4.78, 5) is 2.45. The van der Waals surface area contributed by atoms with Gasteiger partial charge in [-0.25, -0.2) is 0 Å².